The highest BCUT2D eigenvalue weighted by molar-refractivity contribution is 9.10. The number of hydrogen-bond acceptors (Lipinski definition) is 7. The van der Waals surface area contributed by atoms with Gasteiger partial charge in [-0.25, -0.2) is 4.98 Å². The van der Waals surface area contributed by atoms with E-state index >= 15 is 0 Å². The van der Waals surface area contributed by atoms with Gasteiger partial charge in [0, 0.05) is 24.4 Å². The van der Waals surface area contributed by atoms with E-state index in [1.165, 1.54) is 23.1 Å². The van der Waals surface area contributed by atoms with Gasteiger partial charge in [0.05, 0.1) is 29.6 Å². The van der Waals surface area contributed by atoms with Gasteiger partial charge >= 0.3 is 0 Å². The molecule has 34 heavy (non-hydrogen) atoms. The van der Waals surface area contributed by atoms with Crippen LogP contribution in [0.5, 0.6) is 0 Å². The van der Waals surface area contributed by atoms with Crippen molar-refractivity contribution in [1.82, 2.24) is 10.3 Å². The van der Waals surface area contributed by atoms with Crippen molar-refractivity contribution in [2.45, 2.75) is 16.9 Å². The molecule has 2 N–H and O–H groups in total. The molecular formula is C24H21BrClN3O3S2. The van der Waals surface area contributed by atoms with Gasteiger partial charge < -0.3 is 20.1 Å². The molecule has 0 aliphatic carbocycles. The van der Waals surface area contributed by atoms with Crippen LogP contribution in [0.15, 0.2) is 73.4 Å². The van der Waals surface area contributed by atoms with Crippen LogP contribution in [-0.2, 0) is 15.1 Å². The number of carbonyl (C=O) groups is 1. The van der Waals surface area contributed by atoms with E-state index in [0.29, 0.717) is 33.4 Å². The van der Waals surface area contributed by atoms with E-state index in [0.717, 1.165) is 24.3 Å². The predicted octanol–water partition coefficient (Wildman–Crippen LogP) is 5.72. The molecular weight excluding hydrogens is 558 g/mol. The first-order valence-electron chi connectivity index (χ1n) is 10.7. The monoisotopic (exact) mass is 577 g/mol. The van der Waals surface area contributed by atoms with Gasteiger partial charge in [-0.05, 0) is 62.6 Å². The number of carbonyl (C=O) groups excluding carboxylic acids is 1. The summed E-state index contributed by atoms with van der Waals surface area (Å²) in [6.45, 7) is 2.93. The Hall–Kier alpha value is -2.04. The van der Waals surface area contributed by atoms with Gasteiger partial charge in [0.15, 0.2) is 0 Å². The molecule has 5 rings (SSSR count). The maximum absolute atomic E-state index is 13.4. The number of nitrogens with zero attached hydrogens (tertiary/aromatic N) is 2. The number of thiophene rings is 1. The minimum absolute atomic E-state index is 0.00930. The van der Waals surface area contributed by atoms with Crippen LogP contribution >= 0.6 is 50.6 Å². The zero-order valence-electron chi connectivity index (χ0n) is 18.0. The molecule has 176 valence electrons. The molecule has 1 amide bonds. The van der Waals surface area contributed by atoms with E-state index in [2.05, 4.69) is 26.1 Å². The fraction of sp³-hybridized carbons (Fsp3) is 0.250. The van der Waals surface area contributed by atoms with E-state index in [-0.39, 0.29) is 23.0 Å². The van der Waals surface area contributed by atoms with Gasteiger partial charge in [0.2, 0.25) is 0 Å². The molecule has 2 aliphatic rings. The van der Waals surface area contributed by atoms with Crippen molar-refractivity contribution in [2.24, 2.45) is 0 Å². The first-order valence-corrected chi connectivity index (χ1v) is 13.6. The molecule has 0 radical (unpaired) electrons. The average Bonchev–Trinajstić information content (AvgIpc) is 3.38. The third kappa shape index (κ3) is 4.47. The number of amides is 1. The fourth-order valence-corrected chi connectivity index (χ4v) is 6.61. The van der Waals surface area contributed by atoms with Crippen molar-refractivity contribution >= 4 is 62.2 Å². The molecule has 4 heterocycles. The van der Waals surface area contributed by atoms with E-state index in [1.807, 2.05) is 47.2 Å². The number of thioether (sulfide) groups is 1. The number of aliphatic hydroxyl groups is 1. The molecule has 1 unspecified atom stereocenters. The number of pyridine rings is 1. The normalized spacial score (nSPS) is 21.0. The summed E-state index contributed by atoms with van der Waals surface area (Å²) >= 11 is 12.6. The Morgan fingerprint density at radius 3 is 2.68 bits per heavy atom. The summed E-state index contributed by atoms with van der Waals surface area (Å²) in [5.74, 6) is -0.356. The summed E-state index contributed by atoms with van der Waals surface area (Å²) in [6, 6.07) is 13.1. The number of rotatable bonds is 5. The molecule has 2 aliphatic heterocycles. The van der Waals surface area contributed by atoms with Crippen LogP contribution in [0.4, 0.5) is 5.69 Å². The van der Waals surface area contributed by atoms with Gasteiger partial charge in [-0.15, -0.1) is 0 Å². The van der Waals surface area contributed by atoms with Gasteiger partial charge in [-0.1, -0.05) is 35.5 Å². The van der Waals surface area contributed by atoms with E-state index in [4.69, 9.17) is 21.3 Å². The molecule has 1 atom stereocenters. The number of aliphatic hydroxyl groups excluding tert-OH is 1. The molecule has 1 saturated heterocycles. The molecule has 2 aromatic heterocycles. The summed E-state index contributed by atoms with van der Waals surface area (Å²) in [5.41, 5.74) is 1.51. The minimum atomic E-state index is -0.988. The maximum Gasteiger partial charge on any atom is 0.262 e. The Kier molecular flexibility index (Phi) is 6.90. The summed E-state index contributed by atoms with van der Waals surface area (Å²) in [5, 5.41) is 18.7. The zero-order chi connectivity index (χ0) is 23.7. The van der Waals surface area contributed by atoms with E-state index in [9.17, 15) is 9.90 Å². The quantitative estimate of drug-likeness (QED) is 0.377. The second kappa shape index (κ2) is 9.91. The van der Waals surface area contributed by atoms with Crippen molar-refractivity contribution < 1.29 is 14.6 Å². The Morgan fingerprint density at radius 1 is 1.21 bits per heavy atom. The van der Waals surface area contributed by atoms with Crippen molar-refractivity contribution in [3.8, 4) is 0 Å². The number of anilines is 1. The number of ether oxygens (including phenoxy) is 1. The Morgan fingerprint density at radius 2 is 2.00 bits per heavy atom. The lowest BCUT2D eigenvalue weighted by molar-refractivity contribution is -0.119. The van der Waals surface area contributed by atoms with Gasteiger partial charge in [-0.2, -0.15) is 11.3 Å². The van der Waals surface area contributed by atoms with Crippen LogP contribution in [0, 0.1) is 0 Å². The number of nitrogens with one attached hydrogen (secondary N) is 1. The smallest absolute Gasteiger partial charge is 0.262 e. The second-order valence-electron chi connectivity index (χ2n) is 7.96. The van der Waals surface area contributed by atoms with E-state index < -0.39 is 5.54 Å². The highest BCUT2D eigenvalue weighted by Crippen LogP contribution is 2.44. The molecule has 3 aromatic rings. The number of benzene rings is 1. The molecule has 1 aromatic carbocycles. The van der Waals surface area contributed by atoms with Crippen LogP contribution in [0.25, 0.3) is 0 Å². The standard InChI is InChI=1S/C24H21BrClN3O3S2/c25-22-17(29-8-10-32-11-9-29)5-6-20(27-22)24(15-7-12-33-14-15)13-18(30)21(23(31)28-24)34-19-4-2-1-3-16(19)26/h1-7,12,14,30H,8-11,13H2,(H,28,31). The largest absolute Gasteiger partial charge is 0.511 e. The number of hydrogen-bond donors (Lipinski definition) is 2. The predicted molar refractivity (Wildman–Crippen MR) is 140 cm³/mol. The SMILES string of the molecule is O=C1NC(c2ccsc2)(c2ccc(N3CCOCC3)c(Br)n2)CC(O)=C1Sc1ccccc1Cl. The van der Waals surface area contributed by atoms with Crippen LogP contribution < -0.4 is 10.2 Å². The second-order valence-corrected chi connectivity index (χ2v) is 11.0. The highest BCUT2D eigenvalue weighted by atomic mass is 79.9. The highest BCUT2D eigenvalue weighted by Gasteiger charge is 2.44. The van der Waals surface area contributed by atoms with Gasteiger partial charge in [0.1, 0.15) is 20.8 Å². The summed E-state index contributed by atoms with van der Waals surface area (Å²) < 4.78 is 6.15. The van der Waals surface area contributed by atoms with Crippen molar-refractivity contribution in [3.63, 3.8) is 0 Å². The van der Waals surface area contributed by atoms with Crippen molar-refractivity contribution in [2.75, 3.05) is 31.2 Å². The maximum atomic E-state index is 13.4. The third-order valence-corrected chi connectivity index (χ3v) is 8.82. The summed E-state index contributed by atoms with van der Waals surface area (Å²) in [7, 11) is 0. The lowest BCUT2D eigenvalue weighted by atomic mass is 9.82. The zero-order valence-corrected chi connectivity index (χ0v) is 21.9. The van der Waals surface area contributed by atoms with Crippen molar-refractivity contribution in [3.05, 3.63) is 84.8 Å². The fourth-order valence-electron chi connectivity index (χ4n) is 4.19. The van der Waals surface area contributed by atoms with Gasteiger partial charge in [-0.3, -0.25) is 4.79 Å². The minimum Gasteiger partial charge on any atom is -0.511 e. The Bertz CT molecular complexity index is 1250. The Labute approximate surface area is 219 Å². The summed E-state index contributed by atoms with van der Waals surface area (Å²) in [6.07, 6.45) is 0.179. The molecule has 0 saturated carbocycles. The summed E-state index contributed by atoms with van der Waals surface area (Å²) in [4.78, 5) is 21.4. The van der Waals surface area contributed by atoms with Crippen molar-refractivity contribution in [1.29, 1.82) is 0 Å². The van der Waals surface area contributed by atoms with Crippen LogP contribution in [0.1, 0.15) is 17.7 Å². The first-order chi connectivity index (χ1) is 16.5. The average molecular weight is 579 g/mol. The molecule has 1 fully saturated rings. The van der Waals surface area contributed by atoms with Crippen LogP contribution in [0.3, 0.4) is 0 Å². The lowest BCUT2D eigenvalue weighted by Gasteiger charge is -2.38. The van der Waals surface area contributed by atoms with E-state index in [1.54, 1.807) is 6.07 Å². The third-order valence-electron chi connectivity index (χ3n) is 5.91. The number of morpholine rings is 1. The molecule has 0 bridgehead atoms. The topological polar surface area (TPSA) is 74.7 Å². The molecule has 0 spiro atoms. The van der Waals surface area contributed by atoms with Gasteiger partial charge in [0.25, 0.3) is 5.91 Å². The number of halogens is 2. The molecule has 10 heteroatoms. The number of aromatic nitrogens is 1. The lowest BCUT2D eigenvalue weighted by Crippen LogP contribution is -2.51. The van der Waals surface area contributed by atoms with Crippen LogP contribution in [0.2, 0.25) is 5.02 Å². The van der Waals surface area contributed by atoms with Crippen LogP contribution in [-0.4, -0.2) is 42.3 Å². The molecule has 6 nitrogen and oxygen atoms in total. The first kappa shape index (κ1) is 23.7. The Balaban J connectivity index is 1.53.